The molecule has 4 saturated carbocycles. The van der Waals surface area contributed by atoms with Crippen molar-refractivity contribution in [2.75, 3.05) is 0 Å². The van der Waals surface area contributed by atoms with Gasteiger partial charge in [-0.25, -0.2) is 0 Å². The quantitative estimate of drug-likeness (QED) is 0.388. The summed E-state index contributed by atoms with van der Waals surface area (Å²) in [4.78, 5) is 0. The SMILES string of the molecule is CCC1CCC2CCC3C(CCC4(C)C3CCC4[C@H](C)CCC(C)C(F)(F)F)C2(C)CC1. The molecule has 4 fully saturated rings. The van der Waals surface area contributed by atoms with Gasteiger partial charge in [0.05, 0.1) is 5.92 Å². The second kappa shape index (κ2) is 9.10. The molecule has 0 aliphatic heterocycles. The zero-order valence-electron chi connectivity index (χ0n) is 21.4. The summed E-state index contributed by atoms with van der Waals surface area (Å²) in [7, 11) is 0. The summed E-state index contributed by atoms with van der Waals surface area (Å²) >= 11 is 0. The van der Waals surface area contributed by atoms with E-state index in [0.717, 1.165) is 36.0 Å². The van der Waals surface area contributed by atoms with Crippen molar-refractivity contribution in [3.05, 3.63) is 0 Å². The number of hydrogen-bond donors (Lipinski definition) is 0. The molecule has 0 aromatic heterocycles. The molecular weight excluding hydrogens is 405 g/mol. The van der Waals surface area contributed by atoms with Crippen molar-refractivity contribution in [1.29, 1.82) is 0 Å². The van der Waals surface area contributed by atoms with Crippen LogP contribution in [0.5, 0.6) is 0 Å². The highest BCUT2D eigenvalue weighted by Crippen LogP contribution is 2.68. The van der Waals surface area contributed by atoms with E-state index in [2.05, 4.69) is 27.7 Å². The lowest BCUT2D eigenvalue weighted by Crippen LogP contribution is -2.52. The summed E-state index contributed by atoms with van der Waals surface area (Å²) in [6.07, 6.45) is 12.3. The second-order valence-electron chi connectivity index (χ2n) is 13.3. The highest BCUT2D eigenvalue weighted by molar-refractivity contribution is 5.09. The first-order valence-electron chi connectivity index (χ1n) is 14.1. The Hall–Kier alpha value is -0.210. The summed E-state index contributed by atoms with van der Waals surface area (Å²) < 4.78 is 39.2. The van der Waals surface area contributed by atoms with Gasteiger partial charge in [-0.15, -0.1) is 0 Å². The first kappa shape index (κ1) is 24.9. The van der Waals surface area contributed by atoms with Gasteiger partial charge in [-0.3, -0.25) is 0 Å². The largest absolute Gasteiger partial charge is 0.391 e. The fraction of sp³-hybridized carbons (Fsp3) is 1.00. The number of alkyl halides is 3. The standard InChI is InChI=1S/C29H49F3/c1-6-21-9-10-22-11-12-23-25-14-13-24(19(2)7-8-20(3)29(30,31)32)28(25,5)18-16-26(23)27(22,4)17-15-21/h19-26H,6-18H2,1-5H3/t19-,20?,21?,22?,23?,24?,25?,26?,27?,28?/m1/s1. The highest BCUT2D eigenvalue weighted by atomic mass is 19.4. The zero-order valence-corrected chi connectivity index (χ0v) is 21.4. The first-order chi connectivity index (χ1) is 15.0. The minimum Gasteiger partial charge on any atom is -0.171 e. The van der Waals surface area contributed by atoms with Crippen molar-refractivity contribution < 1.29 is 13.2 Å². The second-order valence-corrected chi connectivity index (χ2v) is 13.3. The van der Waals surface area contributed by atoms with Crippen LogP contribution in [0.15, 0.2) is 0 Å². The molecule has 3 heteroatoms. The van der Waals surface area contributed by atoms with Gasteiger partial charge in [-0.05, 0) is 123 Å². The number of fused-ring (bicyclic) bond motifs is 5. The number of halogens is 3. The predicted octanol–water partition coefficient (Wildman–Crippen LogP) is 9.68. The van der Waals surface area contributed by atoms with Crippen LogP contribution in [0.3, 0.4) is 0 Å². The number of rotatable bonds is 5. The Labute approximate surface area is 195 Å². The van der Waals surface area contributed by atoms with E-state index in [1.54, 1.807) is 0 Å². The molecule has 0 amide bonds. The summed E-state index contributed by atoms with van der Waals surface area (Å²) in [5, 5.41) is 0. The van der Waals surface area contributed by atoms with E-state index in [4.69, 9.17) is 0 Å². The molecule has 0 radical (unpaired) electrons. The first-order valence-corrected chi connectivity index (χ1v) is 14.1. The molecule has 4 aliphatic carbocycles. The molecule has 32 heavy (non-hydrogen) atoms. The van der Waals surface area contributed by atoms with Crippen molar-refractivity contribution >= 4 is 0 Å². The molecule has 186 valence electrons. The third-order valence-corrected chi connectivity index (χ3v) is 12.0. The third-order valence-electron chi connectivity index (χ3n) is 12.0. The fourth-order valence-corrected chi connectivity index (χ4v) is 9.76. The van der Waals surface area contributed by atoms with E-state index in [0.29, 0.717) is 29.1 Å². The van der Waals surface area contributed by atoms with Gasteiger partial charge < -0.3 is 0 Å². The lowest BCUT2D eigenvalue weighted by Gasteiger charge is -2.59. The Morgan fingerprint density at radius 2 is 1.44 bits per heavy atom. The van der Waals surface area contributed by atoms with Crippen LogP contribution < -0.4 is 0 Å². The van der Waals surface area contributed by atoms with Gasteiger partial charge in [0.15, 0.2) is 0 Å². The molecule has 0 heterocycles. The van der Waals surface area contributed by atoms with Crippen molar-refractivity contribution in [2.45, 2.75) is 124 Å². The van der Waals surface area contributed by atoms with Crippen LogP contribution in [-0.4, -0.2) is 6.18 Å². The van der Waals surface area contributed by atoms with Crippen LogP contribution >= 0.6 is 0 Å². The minimum absolute atomic E-state index is 0.298. The van der Waals surface area contributed by atoms with Crippen LogP contribution in [0.2, 0.25) is 0 Å². The van der Waals surface area contributed by atoms with Crippen LogP contribution in [0, 0.1) is 58.2 Å². The molecule has 9 unspecified atom stereocenters. The third kappa shape index (κ3) is 4.30. The van der Waals surface area contributed by atoms with Gasteiger partial charge in [-0.1, -0.05) is 47.5 Å². The molecule has 0 aromatic carbocycles. The van der Waals surface area contributed by atoms with Gasteiger partial charge >= 0.3 is 6.18 Å². The molecule has 4 rings (SSSR count). The van der Waals surface area contributed by atoms with Gasteiger partial charge in [0.1, 0.15) is 0 Å². The molecule has 4 aliphatic rings. The smallest absolute Gasteiger partial charge is 0.171 e. The zero-order chi connectivity index (χ0) is 23.3. The molecule has 0 spiro atoms. The lowest BCUT2D eigenvalue weighted by molar-refractivity contribution is -0.172. The Bertz CT molecular complexity index is 641. The predicted molar refractivity (Wildman–Crippen MR) is 127 cm³/mol. The molecule has 0 saturated heterocycles. The van der Waals surface area contributed by atoms with Gasteiger partial charge in [0.25, 0.3) is 0 Å². The van der Waals surface area contributed by atoms with Crippen molar-refractivity contribution in [3.63, 3.8) is 0 Å². The van der Waals surface area contributed by atoms with Crippen molar-refractivity contribution in [1.82, 2.24) is 0 Å². The van der Waals surface area contributed by atoms with Gasteiger partial charge in [0.2, 0.25) is 0 Å². The maximum Gasteiger partial charge on any atom is 0.391 e. The maximum atomic E-state index is 13.1. The van der Waals surface area contributed by atoms with E-state index in [9.17, 15) is 13.2 Å². The molecule has 0 nitrogen and oxygen atoms in total. The van der Waals surface area contributed by atoms with E-state index in [1.807, 2.05) is 0 Å². The summed E-state index contributed by atoms with van der Waals surface area (Å²) in [6.45, 7) is 11.2. The van der Waals surface area contributed by atoms with Crippen LogP contribution in [0.25, 0.3) is 0 Å². The normalized spacial score (nSPS) is 46.5. The topological polar surface area (TPSA) is 0 Å². The Kier molecular flexibility index (Phi) is 7.08. The fourth-order valence-electron chi connectivity index (χ4n) is 9.76. The summed E-state index contributed by atoms with van der Waals surface area (Å²) in [6, 6.07) is 0. The maximum absolute atomic E-state index is 13.1. The van der Waals surface area contributed by atoms with E-state index in [-0.39, 0.29) is 0 Å². The van der Waals surface area contributed by atoms with Gasteiger partial charge in [-0.2, -0.15) is 13.2 Å². The van der Waals surface area contributed by atoms with E-state index >= 15 is 0 Å². The molecule has 0 aromatic rings. The average Bonchev–Trinajstić information content (AvgIpc) is 2.99. The Morgan fingerprint density at radius 3 is 2.12 bits per heavy atom. The molecule has 0 N–H and O–H groups in total. The van der Waals surface area contributed by atoms with Crippen LogP contribution in [-0.2, 0) is 0 Å². The monoisotopic (exact) mass is 454 g/mol. The van der Waals surface area contributed by atoms with E-state index < -0.39 is 12.1 Å². The van der Waals surface area contributed by atoms with Crippen molar-refractivity contribution in [2.24, 2.45) is 58.2 Å². The van der Waals surface area contributed by atoms with E-state index in [1.165, 1.54) is 77.6 Å². The molecular formula is C29H49F3. The van der Waals surface area contributed by atoms with Crippen LogP contribution in [0.4, 0.5) is 13.2 Å². The molecule has 10 atom stereocenters. The Morgan fingerprint density at radius 1 is 0.781 bits per heavy atom. The lowest BCUT2D eigenvalue weighted by atomic mass is 9.46. The molecule has 0 bridgehead atoms. The van der Waals surface area contributed by atoms with Gasteiger partial charge in [0, 0.05) is 0 Å². The number of hydrogen-bond acceptors (Lipinski definition) is 0. The van der Waals surface area contributed by atoms with Crippen molar-refractivity contribution in [3.8, 4) is 0 Å². The summed E-state index contributed by atoms with van der Waals surface area (Å²) in [5.74, 6) is 4.35. The minimum atomic E-state index is -4.04. The van der Waals surface area contributed by atoms with Crippen LogP contribution in [0.1, 0.15) is 118 Å². The Balaban J connectivity index is 1.45. The summed E-state index contributed by atoms with van der Waals surface area (Å²) in [5.41, 5.74) is 0.905. The average molecular weight is 455 g/mol. The highest BCUT2D eigenvalue weighted by Gasteiger charge is 2.60.